The molecule has 0 spiro atoms. The molecule has 6 rings (SSSR count). The topological polar surface area (TPSA) is 79.2 Å². The number of hydrogen-bond acceptors (Lipinski definition) is 6. The van der Waals surface area contributed by atoms with E-state index in [0.717, 1.165) is 59.6 Å². The standard InChI is InChI=1S/C31H33BrClN7O/c32-25-15-24-5-4-23-16-26(33)6-7-27(23)30(29(24)37-18-25)39-14-10-36-28(20-39)31(41)40(19-22-3-1-8-34-17-22)12-2-11-38-13-9-35-21-38/h1,3,6-9,13,15-18,21,28,30,36H,2,4-5,10-12,14,19-20H2/t28-,30+/m1/s1. The number of nitrogens with one attached hydrogen (secondary N) is 1. The Morgan fingerprint density at radius 3 is 2.85 bits per heavy atom. The van der Waals surface area contributed by atoms with Crippen molar-refractivity contribution < 1.29 is 4.79 Å². The molecule has 2 atom stereocenters. The molecule has 1 aliphatic heterocycles. The van der Waals surface area contributed by atoms with Crippen LogP contribution in [0.4, 0.5) is 0 Å². The average Bonchev–Trinajstić information content (AvgIpc) is 3.46. The van der Waals surface area contributed by atoms with Gasteiger partial charge in [-0.3, -0.25) is 19.7 Å². The number of rotatable bonds is 8. The molecule has 4 aromatic rings. The highest BCUT2D eigenvalue weighted by atomic mass is 79.9. The van der Waals surface area contributed by atoms with Crippen LogP contribution < -0.4 is 5.32 Å². The molecule has 3 aromatic heterocycles. The molecule has 0 bridgehead atoms. The van der Waals surface area contributed by atoms with Crippen LogP contribution in [0.5, 0.6) is 0 Å². The number of aromatic nitrogens is 4. The summed E-state index contributed by atoms with van der Waals surface area (Å²) in [7, 11) is 0. The largest absolute Gasteiger partial charge is 0.337 e. The van der Waals surface area contributed by atoms with Gasteiger partial charge in [0.25, 0.3) is 0 Å². The maximum Gasteiger partial charge on any atom is 0.241 e. The van der Waals surface area contributed by atoms with E-state index < -0.39 is 0 Å². The van der Waals surface area contributed by atoms with Crippen LogP contribution in [0.3, 0.4) is 0 Å². The molecule has 1 N–H and O–H groups in total. The van der Waals surface area contributed by atoms with Crippen molar-refractivity contribution in [3.63, 3.8) is 0 Å². The monoisotopic (exact) mass is 633 g/mol. The molecule has 1 fully saturated rings. The summed E-state index contributed by atoms with van der Waals surface area (Å²) in [4.78, 5) is 31.9. The molecule has 212 valence electrons. The number of aryl methyl sites for hydroxylation is 3. The summed E-state index contributed by atoms with van der Waals surface area (Å²) in [5.74, 6) is 0.109. The molecule has 1 aromatic carbocycles. The van der Waals surface area contributed by atoms with E-state index in [4.69, 9.17) is 16.6 Å². The number of carbonyl (C=O) groups is 1. The number of nitrogens with zero attached hydrogens (tertiary/aromatic N) is 6. The van der Waals surface area contributed by atoms with Crippen molar-refractivity contribution in [1.29, 1.82) is 0 Å². The number of halogens is 2. The molecule has 2 aliphatic rings. The third kappa shape index (κ3) is 6.54. The first-order valence-corrected chi connectivity index (χ1v) is 15.3. The van der Waals surface area contributed by atoms with E-state index >= 15 is 0 Å². The summed E-state index contributed by atoms with van der Waals surface area (Å²) in [6, 6.07) is 12.0. The number of pyridine rings is 2. The lowest BCUT2D eigenvalue weighted by molar-refractivity contribution is -0.135. The molecule has 4 heterocycles. The van der Waals surface area contributed by atoms with E-state index in [1.54, 1.807) is 12.4 Å². The van der Waals surface area contributed by atoms with E-state index in [1.807, 2.05) is 52.6 Å². The fourth-order valence-corrected chi connectivity index (χ4v) is 6.59. The van der Waals surface area contributed by atoms with Crippen LogP contribution in [0.2, 0.25) is 5.02 Å². The normalized spacial score (nSPS) is 18.8. The number of imidazole rings is 1. The van der Waals surface area contributed by atoms with Gasteiger partial charge in [-0.25, -0.2) is 4.98 Å². The van der Waals surface area contributed by atoms with Crippen LogP contribution in [0, 0.1) is 0 Å². The minimum atomic E-state index is -0.327. The predicted molar refractivity (Wildman–Crippen MR) is 163 cm³/mol. The van der Waals surface area contributed by atoms with Gasteiger partial charge in [0.2, 0.25) is 5.91 Å². The number of piperazine rings is 1. The van der Waals surface area contributed by atoms with Gasteiger partial charge in [0.15, 0.2) is 0 Å². The lowest BCUT2D eigenvalue weighted by Crippen LogP contribution is -2.58. The van der Waals surface area contributed by atoms with Crippen LogP contribution in [0.1, 0.15) is 40.4 Å². The van der Waals surface area contributed by atoms with E-state index in [0.29, 0.717) is 19.6 Å². The van der Waals surface area contributed by atoms with Crippen LogP contribution in [-0.4, -0.2) is 67.4 Å². The van der Waals surface area contributed by atoms with Crippen molar-refractivity contribution in [2.75, 3.05) is 26.2 Å². The van der Waals surface area contributed by atoms with Gasteiger partial charge in [-0.15, -0.1) is 0 Å². The smallest absolute Gasteiger partial charge is 0.241 e. The van der Waals surface area contributed by atoms with Crippen LogP contribution in [0.15, 0.2) is 78.2 Å². The first-order valence-electron chi connectivity index (χ1n) is 14.1. The fourth-order valence-electron chi connectivity index (χ4n) is 6.02. The third-order valence-electron chi connectivity index (χ3n) is 7.97. The maximum absolute atomic E-state index is 14.1. The zero-order valence-electron chi connectivity index (χ0n) is 22.8. The average molecular weight is 635 g/mol. The minimum Gasteiger partial charge on any atom is -0.337 e. The number of carbonyl (C=O) groups excluding carboxylic acids is 1. The second-order valence-corrected chi connectivity index (χ2v) is 12.1. The van der Waals surface area contributed by atoms with E-state index in [9.17, 15) is 4.79 Å². The van der Waals surface area contributed by atoms with Gasteiger partial charge in [0.05, 0.1) is 24.1 Å². The van der Waals surface area contributed by atoms with Gasteiger partial charge in [-0.2, -0.15) is 0 Å². The van der Waals surface area contributed by atoms with Gasteiger partial charge in [0, 0.05) is 79.7 Å². The fraction of sp³-hybridized carbons (Fsp3) is 0.355. The van der Waals surface area contributed by atoms with Gasteiger partial charge < -0.3 is 14.8 Å². The Morgan fingerprint density at radius 1 is 1.12 bits per heavy atom. The molecule has 0 unspecified atom stereocenters. The molecule has 8 nitrogen and oxygen atoms in total. The Labute approximate surface area is 253 Å². The van der Waals surface area contributed by atoms with Crippen molar-refractivity contribution in [3.05, 3.63) is 111 Å². The Morgan fingerprint density at radius 2 is 2.02 bits per heavy atom. The number of amides is 1. The lowest BCUT2D eigenvalue weighted by Gasteiger charge is -2.40. The molecule has 41 heavy (non-hydrogen) atoms. The third-order valence-corrected chi connectivity index (χ3v) is 8.64. The van der Waals surface area contributed by atoms with Gasteiger partial charge >= 0.3 is 0 Å². The molecular formula is C31H33BrClN7O. The van der Waals surface area contributed by atoms with Gasteiger partial charge in [-0.1, -0.05) is 23.7 Å². The molecular weight excluding hydrogens is 602 g/mol. The molecule has 1 saturated heterocycles. The Kier molecular flexibility index (Phi) is 8.76. The number of fused-ring (bicyclic) bond motifs is 2. The van der Waals surface area contributed by atoms with E-state index in [2.05, 4.69) is 54.3 Å². The van der Waals surface area contributed by atoms with E-state index in [1.165, 1.54) is 16.7 Å². The first kappa shape index (κ1) is 28.0. The second kappa shape index (κ2) is 12.8. The van der Waals surface area contributed by atoms with Crippen molar-refractivity contribution in [2.24, 2.45) is 0 Å². The maximum atomic E-state index is 14.1. The molecule has 10 heteroatoms. The van der Waals surface area contributed by atoms with Crippen molar-refractivity contribution in [2.45, 2.75) is 44.4 Å². The Balaban J connectivity index is 1.26. The highest BCUT2D eigenvalue weighted by molar-refractivity contribution is 9.10. The lowest BCUT2D eigenvalue weighted by atomic mass is 9.95. The first-order chi connectivity index (χ1) is 20.0. The zero-order chi connectivity index (χ0) is 28.2. The van der Waals surface area contributed by atoms with Crippen molar-refractivity contribution in [3.8, 4) is 0 Å². The van der Waals surface area contributed by atoms with E-state index in [-0.39, 0.29) is 18.0 Å². The second-order valence-electron chi connectivity index (χ2n) is 10.7. The summed E-state index contributed by atoms with van der Waals surface area (Å²) < 4.78 is 3.03. The summed E-state index contributed by atoms with van der Waals surface area (Å²) in [5, 5.41) is 4.28. The Hall–Kier alpha value is -3.11. The van der Waals surface area contributed by atoms with Crippen LogP contribution >= 0.6 is 27.5 Å². The molecule has 1 aliphatic carbocycles. The van der Waals surface area contributed by atoms with Gasteiger partial charge in [0.1, 0.15) is 0 Å². The molecule has 1 amide bonds. The summed E-state index contributed by atoms with van der Waals surface area (Å²) in [6.45, 7) is 4.11. The van der Waals surface area contributed by atoms with Crippen molar-refractivity contribution >= 4 is 33.4 Å². The number of hydrogen-bond donors (Lipinski definition) is 1. The summed E-state index contributed by atoms with van der Waals surface area (Å²) in [5.41, 5.74) is 5.79. The molecule has 0 radical (unpaired) electrons. The summed E-state index contributed by atoms with van der Waals surface area (Å²) >= 11 is 10.1. The zero-order valence-corrected chi connectivity index (χ0v) is 25.1. The predicted octanol–water partition coefficient (Wildman–Crippen LogP) is 4.67. The van der Waals surface area contributed by atoms with Crippen molar-refractivity contribution in [1.82, 2.24) is 34.6 Å². The Bertz CT molecular complexity index is 1430. The van der Waals surface area contributed by atoms with Crippen LogP contribution in [0.25, 0.3) is 0 Å². The highest BCUT2D eigenvalue weighted by Crippen LogP contribution is 2.38. The number of benzene rings is 1. The van der Waals surface area contributed by atoms with Gasteiger partial charge in [-0.05, 0) is 81.7 Å². The quantitative estimate of drug-likeness (QED) is 0.304. The molecule has 0 saturated carbocycles. The SMILES string of the molecule is O=C([C@H]1CN([C@H]2c3ccc(Cl)cc3CCc3cc(Br)cnc32)CCN1)N(CCCn1ccnc1)Cc1cccnc1. The highest BCUT2D eigenvalue weighted by Gasteiger charge is 2.36. The van der Waals surface area contributed by atoms with Crippen LogP contribution in [-0.2, 0) is 30.7 Å². The minimum absolute atomic E-state index is 0.0433. The summed E-state index contributed by atoms with van der Waals surface area (Å²) in [6.07, 6.45) is 13.7.